The van der Waals surface area contributed by atoms with Gasteiger partial charge in [0.2, 0.25) is 5.75 Å². The van der Waals surface area contributed by atoms with Crippen molar-refractivity contribution < 1.29 is 22.2 Å². The van der Waals surface area contributed by atoms with Crippen LogP contribution in [0.3, 0.4) is 0 Å². The van der Waals surface area contributed by atoms with E-state index in [0.29, 0.717) is 51.2 Å². The maximum Gasteiger partial charge on any atom is 0.299 e. The van der Waals surface area contributed by atoms with Gasteiger partial charge in [0.15, 0.2) is 7.05 Å². The Labute approximate surface area is 284 Å². The smallest absolute Gasteiger partial charge is 0.299 e. The predicted octanol–water partition coefficient (Wildman–Crippen LogP) is 8.80. The van der Waals surface area contributed by atoms with E-state index in [1.54, 1.807) is 72.8 Å². The number of aryl methyl sites for hydroxylation is 1. The van der Waals surface area contributed by atoms with Crippen LogP contribution in [0.5, 0.6) is 5.75 Å². The molecule has 0 aliphatic carbocycles. The zero-order chi connectivity index (χ0) is 33.8. The molecule has 46 heavy (non-hydrogen) atoms. The van der Waals surface area contributed by atoms with Crippen molar-refractivity contribution in [2.45, 2.75) is 41.2 Å². The number of nitrogens with zero attached hydrogens (tertiary/aromatic N) is 1. The predicted molar refractivity (Wildman–Crippen MR) is 195 cm³/mol. The summed E-state index contributed by atoms with van der Waals surface area (Å²) in [7, 11) is -4.74. The number of carbonyl (C=O) groups is 1. The number of benzene rings is 4. The Balaban J connectivity index is 0.00000235. The summed E-state index contributed by atoms with van der Waals surface area (Å²) in [5.41, 5.74) is 2.76. The van der Waals surface area contributed by atoms with Crippen molar-refractivity contribution in [1.82, 2.24) is 0 Å². The minimum absolute atomic E-state index is 0.0491. The molecule has 0 radical (unpaired) electrons. The second-order valence-electron chi connectivity index (χ2n) is 10.1. The van der Waals surface area contributed by atoms with Gasteiger partial charge < -0.3 is 9.50 Å². The van der Waals surface area contributed by atoms with Gasteiger partial charge in [0.25, 0.3) is 11.6 Å². The summed E-state index contributed by atoms with van der Waals surface area (Å²) in [6, 6.07) is 21.8. The lowest BCUT2D eigenvalue weighted by molar-refractivity contribution is -0.428. The van der Waals surface area contributed by atoms with Crippen LogP contribution in [0, 0.1) is 11.8 Å². The van der Waals surface area contributed by atoms with Gasteiger partial charge in [0.1, 0.15) is 9.80 Å². The summed E-state index contributed by atoms with van der Waals surface area (Å²) in [5, 5.41) is 3.67. The van der Waals surface area contributed by atoms with Crippen LogP contribution < -0.4 is 9.50 Å². The van der Waals surface area contributed by atoms with Crippen molar-refractivity contribution in [3.8, 4) is 5.75 Å². The Kier molecular flexibility index (Phi) is 11.1. The minimum atomic E-state index is -3.20. The van der Waals surface area contributed by atoms with Crippen LogP contribution in [0.4, 0.5) is 11.4 Å². The van der Waals surface area contributed by atoms with Gasteiger partial charge in [0, 0.05) is 56.4 Å². The molecule has 0 saturated heterocycles. The number of amides is 1. The monoisotopic (exact) mass is 715 g/mol. The zero-order valence-electron chi connectivity index (χ0n) is 25.7. The number of rotatable bonds is 8. The van der Waals surface area contributed by atoms with Crippen LogP contribution >= 0.6 is 35.0 Å². The number of hydrogen-bond acceptors (Lipinski definition) is 6. The topological polar surface area (TPSA) is 92.6 Å². The molecule has 7 nitrogen and oxygen atoms in total. The Morgan fingerprint density at radius 3 is 2.20 bits per heavy atom. The third-order valence-corrected chi connectivity index (χ3v) is 11.8. The Morgan fingerprint density at radius 1 is 0.935 bits per heavy atom. The number of anilines is 1. The molecule has 1 amide bonds. The van der Waals surface area contributed by atoms with E-state index in [1.165, 1.54) is 30.9 Å². The first-order chi connectivity index (χ1) is 21.7. The molecular weight excluding hydrogens is 683 g/mol. The Morgan fingerprint density at radius 2 is 1.57 bits per heavy atom. The van der Waals surface area contributed by atoms with Crippen molar-refractivity contribution in [1.29, 1.82) is 0 Å². The number of carbonyl (C=O) groups excluding carboxylic acids is 1. The lowest BCUT2D eigenvalue weighted by Gasteiger charge is -2.21. The molecule has 12 heteroatoms. The van der Waals surface area contributed by atoms with Crippen molar-refractivity contribution >= 4 is 89.4 Å². The summed E-state index contributed by atoms with van der Waals surface area (Å²) in [6.07, 6.45) is 1.62. The molecule has 1 heterocycles. The summed E-state index contributed by atoms with van der Waals surface area (Å²) in [4.78, 5) is 27.3. The average molecular weight is 717 g/mol. The van der Waals surface area contributed by atoms with Gasteiger partial charge in [-0.25, -0.2) is 4.21 Å². The highest BCUT2D eigenvalue weighted by Crippen LogP contribution is 2.41. The van der Waals surface area contributed by atoms with E-state index in [2.05, 4.69) is 17.1 Å². The average Bonchev–Trinajstić information content (AvgIpc) is 3.01. The van der Waals surface area contributed by atoms with Crippen LogP contribution in [-0.2, 0) is 29.9 Å². The quantitative estimate of drug-likeness (QED) is 0.111. The highest BCUT2D eigenvalue weighted by molar-refractivity contribution is 8.04. The van der Waals surface area contributed by atoms with Gasteiger partial charge in [-0.05, 0) is 78.8 Å². The van der Waals surface area contributed by atoms with Gasteiger partial charge in [-0.3, -0.25) is 9.00 Å². The van der Waals surface area contributed by atoms with E-state index in [-0.39, 0.29) is 23.1 Å². The third kappa shape index (κ3) is 8.05. The molecule has 4 aromatic carbocycles. The van der Waals surface area contributed by atoms with Gasteiger partial charge >= 0.3 is 0 Å². The zero-order valence-corrected chi connectivity index (χ0v) is 29.6. The van der Waals surface area contributed by atoms with Crippen LogP contribution in [-0.4, -0.2) is 37.9 Å². The number of halogens is 2. The summed E-state index contributed by atoms with van der Waals surface area (Å²) in [6.45, 7) is 5.91. The fraction of sp³-hybridized carbons (Fsp3) is 0.147. The second kappa shape index (κ2) is 14.5. The number of thioether (sulfide) groups is 1. The first kappa shape index (κ1) is 35.3. The fourth-order valence-electron chi connectivity index (χ4n) is 4.38. The van der Waals surface area contributed by atoms with E-state index < -0.39 is 19.3 Å². The number of nitroso groups, excluding NO2 is 1. The molecule has 2 atom stereocenters. The number of nitrogens with one attached hydrogen (secondary N) is 1. The first-order valence-electron chi connectivity index (χ1n) is 14.0. The number of fused-ring (bicyclic) bond motifs is 1. The molecule has 0 aromatic heterocycles. The Hall–Kier alpha value is -3.54. The van der Waals surface area contributed by atoms with E-state index in [1.807, 2.05) is 20.8 Å². The summed E-state index contributed by atoms with van der Waals surface area (Å²) in [5.74, 6) is 7.52. The molecule has 2 unspecified atom stereocenters. The van der Waals surface area contributed by atoms with Gasteiger partial charge in [-0.1, -0.05) is 78.6 Å². The van der Waals surface area contributed by atoms with E-state index >= 15 is 0 Å². The lowest BCUT2D eigenvalue weighted by Crippen LogP contribution is -2.17. The van der Waals surface area contributed by atoms with E-state index in [9.17, 15) is 18.1 Å². The first-order valence-corrected chi connectivity index (χ1v) is 19.2. The third-order valence-electron chi connectivity index (χ3n) is 6.74. The molecule has 1 N–H and O–H groups in total. The molecular formula is C34H33Cl2N2O5S3+. The van der Waals surface area contributed by atoms with Crippen LogP contribution in [0.25, 0.3) is 6.08 Å². The molecule has 4 aromatic rings. The maximum atomic E-state index is 13.7. The van der Waals surface area contributed by atoms with Gasteiger partial charge in [0.05, 0.1) is 15.5 Å². The molecule has 240 valence electrons. The molecule has 0 saturated carbocycles. The SMILES string of the molecule is C=S(=O)(Cc1c(Cl)cccc1Cl)c1ccc2c(c1)S/C(=C\c1ccc(OS(=C)(=O)c3ccc(C)cc3)c([N+](C)=O)c1)C(=O)N2.CC. The van der Waals surface area contributed by atoms with Gasteiger partial charge in [-0.15, -0.1) is 0 Å². The largest absolute Gasteiger partial charge is 0.398 e. The maximum absolute atomic E-state index is 13.7. The van der Waals surface area contributed by atoms with Crippen molar-refractivity contribution in [2.24, 2.45) is 0 Å². The summed E-state index contributed by atoms with van der Waals surface area (Å²) < 4.78 is 33.3. The molecule has 1 aliphatic rings. The molecule has 5 rings (SSSR count). The highest BCUT2D eigenvalue weighted by atomic mass is 35.5. The molecule has 0 fully saturated rings. The summed E-state index contributed by atoms with van der Waals surface area (Å²) >= 11 is 13.8. The second-order valence-corrected chi connectivity index (χ2v) is 16.3. The molecule has 1 aliphatic heterocycles. The van der Waals surface area contributed by atoms with Gasteiger partial charge in [-0.2, -0.15) is 0 Å². The van der Waals surface area contributed by atoms with Crippen LogP contribution in [0.1, 0.15) is 30.5 Å². The lowest BCUT2D eigenvalue weighted by atomic mass is 10.1. The van der Waals surface area contributed by atoms with Crippen LogP contribution in [0.2, 0.25) is 10.0 Å². The highest BCUT2D eigenvalue weighted by Gasteiger charge is 2.25. The molecule has 0 bridgehead atoms. The van der Waals surface area contributed by atoms with E-state index in [0.717, 1.165) is 5.56 Å². The van der Waals surface area contributed by atoms with Crippen molar-refractivity contribution in [2.75, 3.05) is 12.4 Å². The standard InChI is InChI=1S/C32H26Cl2N2O5S3.C2H6/c1-20-8-11-22(12-9-20)44(4,40)41-29-15-10-21(16-28(29)36(2)38)17-31-32(37)35-27-14-13-23(18-30(27)42-31)43(3,39)19-24-25(33)6-5-7-26(24)34;1-2/h5-18H,3-4,19H2,1-2H3;1-2H3/p+1/b31-17-;. The Bertz CT molecular complexity index is 2060. The molecule has 0 spiro atoms. The minimum Gasteiger partial charge on any atom is -0.398 e. The van der Waals surface area contributed by atoms with E-state index in [4.69, 9.17) is 27.4 Å². The number of hydrogen-bond donors (Lipinski definition) is 1. The normalized spacial score (nSPS) is 15.8. The fourth-order valence-corrected chi connectivity index (χ4v) is 8.81. The van der Waals surface area contributed by atoms with Crippen molar-refractivity contribution in [3.63, 3.8) is 0 Å². The van der Waals surface area contributed by atoms with Crippen molar-refractivity contribution in [3.05, 3.63) is 115 Å². The van der Waals surface area contributed by atoms with Crippen LogP contribution in [0.15, 0.2) is 98.5 Å².